The van der Waals surface area contributed by atoms with Gasteiger partial charge >= 0.3 is 6.85 Å². The maximum Gasteiger partial charge on any atom is 0.333 e. The van der Waals surface area contributed by atoms with Crippen LogP contribution in [-0.4, -0.2) is 6.85 Å². The summed E-state index contributed by atoms with van der Waals surface area (Å²) in [6.45, 7) is 20.7. The molecule has 2 aliphatic rings. The molecule has 0 bridgehead atoms. The summed E-state index contributed by atoms with van der Waals surface area (Å²) in [6, 6.07) is 71.0. The van der Waals surface area contributed by atoms with E-state index in [-0.39, 0.29) is 23.1 Å². The fraction of sp³-hybridized carbons (Fsp3) is 0.176. The highest BCUT2D eigenvalue weighted by Crippen LogP contribution is 2.54. The highest BCUT2D eigenvalue weighted by Gasteiger charge is 2.47. The predicted octanol–water partition coefficient (Wildman–Crippen LogP) is 17.8. The summed E-state index contributed by atoms with van der Waals surface area (Å²) in [7, 11) is 0. The molecule has 0 N–H and O–H groups in total. The fourth-order valence-corrected chi connectivity index (χ4v) is 12.4. The lowest BCUT2D eigenvalue weighted by Gasteiger charge is -2.47. The third-order valence-electron chi connectivity index (χ3n) is 16.3. The number of hydrogen-bond donors (Lipinski definition) is 0. The van der Waals surface area contributed by atoms with Crippen molar-refractivity contribution in [3.63, 3.8) is 0 Å². The number of benzene rings is 12. The molecule has 12 aromatic rings. The van der Waals surface area contributed by atoms with Crippen LogP contribution in [-0.2, 0) is 16.2 Å². The normalized spacial score (nSPS) is 13.9. The Hall–Kier alpha value is -7.62. The molecule has 14 rings (SSSR count). The van der Waals surface area contributed by atoms with Crippen molar-refractivity contribution in [3.05, 3.63) is 199 Å². The minimum atomic E-state index is -0.154. The van der Waals surface area contributed by atoms with Gasteiger partial charge in [-0.25, -0.2) is 0 Å². The van der Waals surface area contributed by atoms with Crippen molar-refractivity contribution in [1.82, 2.24) is 0 Å². The molecule has 0 spiro atoms. The molecule has 0 aromatic heterocycles. The summed E-state index contributed by atoms with van der Waals surface area (Å²) < 4.78 is 0. The van der Waals surface area contributed by atoms with E-state index in [0.29, 0.717) is 0 Å². The van der Waals surface area contributed by atoms with Gasteiger partial charge in [0.2, 0.25) is 0 Å². The van der Waals surface area contributed by atoms with Crippen molar-refractivity contribution in [3.8, 4) is 11.1 Å². The molecule has 0 fully saturated rings. The van der Waals surface area contributed by atoms with Gasteiger partial charge in [0.05, 0.1) is 5.69 Å². The largest absolute Gasteiger partial charge is 0.376 e. The maximum absolute atomic E-state index is 2.71. The molecule has 0 aliphatic carbocycles. The van der Waals surface area contributed by atoms with Crippen molar-refractivity contribution >= 4 is 122 Å². The first kappa shape index (κ1) is 42.3. The lowest BCUT2D eigenvalue weighted by atomic mass is 9.42. The lowest BCUT2D eigenvalue weighted by molar-refractivity contribution is 0.591. The summed E-state index contributed by atoms with van der Waals surface area (Å²) in [5.74, 6) is 0. The van der Waals surface area contributed by atoms with E-state index in [0.717, 1.165) is 0 Å². The molecule has 342 valence electrons. The number of hydrogen-bond acceptors (Lipinski definition) is 2. The van der Waals surface area contributed by atoms with Gasteiger partial charge < -0.3 is 9.71 Å². The second-order valence-electron chi connectivity index (χ2n) is 23.9. The van der Waals surface area contributed by atoms with Crippen molar-refractivity contribution < 1.29 is 0 Å². The Bertz CT molecular complexity index is 4230. The molecule has 2 nitrogen and oxygen atoms in total. The minimum absolute atomic E-state index is 0.0101. The van der Waals surface area contributed by atoms with Gasteiger partial charge in [0.25, 0.3) is 0 Å². The summed E-state index contributed by atoms with van der Waals surface area (Å²) >= 11 is 0. The van der Waals surface area contributed by atoms with Crippen LogP contribution in [0.5, 0.6) is 0 Å². The monoisotopic (exact) mass is 912 g/mol. The van der Waals surface area contributed by atoms with Gasteiger partial charge in [-0.1, -0.05) is 202 Å². The zero-order chi connectivity index (χ0) is 48.5. The van der Waals surface area contributed by atoms with Gasteiger partial charge in [0, 0.05) is 39.1 Å². The summed E-state index contributed by atoms with van der Waals surface area (Å²) in [4.78, 5) is 5.37. The van der Waals surface area contributed by atoms with Crippen molar-refractivity contribution in [2.24, 2.45) is 0 Å². The minimum Gasteiger partial charge on any atom is -0.376 e. The molecule has 12 aromatic carbocycles. The van der Waals surface area contributed by atoms with E-state index >= 15 is 0 Å². The summed E-state index contributed by atoms with van der Waals surface area (Å²) in [5.41, 5.74) is 15.4. The standard InChI is InChI=1S/C68H57BN2/c1-66(2,3)50-25-19-46-34-54(27-21-45(46)30-50)71-59-38-43-16-12-10-14-41(43)36-57(59)63-55-28-22-47-31-52(68(7,8)9)32-48-23-29-56(62(55)61(47)48)65-64(63)69(71)58-37-42-15-11-13-17-44(42)39-60(58)70(65)53-26-20-40-18-24-51(67(4,5)6)33-49(40)35-53/h10-39H,1-9H3. The molecule has 3 heteroatoms. The topological polar surface area (TPSA) is 6.48 Å². The molecule has 2 heterocycles. The van der Waals surface area contributed by atoms with Crippen molar-refractivity contribution in [1.29, 1.82) is 0 Å². The summed E-state index contributed by atoms with van der Waals surface area (Å²) in [6.07, 6.45) is 0. The Morgan fingerprint density at radius 2 is 0.831 bits per heavy atom. The van der Waals surface area contributed by atoms with E-state index in [1.165, 1.54) is 143 Å². The Morgan fingerprint density at radius 1 is 0.352 bits per heavy atom. The number of anilines is 5. The molecule has 0 atom stereocenters. The molecule has 0 unspecified atom stereocenters. The van der Waals surface area contributed by atoms with Gasteiger partial charge in [0.1, 0.15) is 0 Å². The van der Waals surface area contributed by atoms with E-state index in [1.807, 2.05) is 0 Å². The van der Waals surface area contributed by atoms with Gasteiger partial charge in [-0.05, 0) is 157 Å². The maximum atomic E-state index is 2.71. The van der Waals surface area contributed by atoms with Crippen LogP contribution in [0.3, 0.4) is 0 Å². The average molecular weight is 913 g/mol. The number of nitrogens with zero attached hydrogens (tertiary/aromatic N) is 2. The van der Waals surface area contributed by atoms with E-state index in [2.05, 4.69) is 254 Å². The van der Waals surface area contributed by atoms with Crippen LogP contribution >= 0.6 is 0 Å². The van der Waals surface area contributed by atoms with E-state index in [4.69, 9.17) is 0 Å². The van der Waals surface area contributed by atoms with Crippen molar-refractivity contribution in [2.45, 2.75) is 78.6 Å². The van der Waals surface area contributed by atoms with Crippen LogP contribution in [0.1, 0.15) is 79.0 Å². The van der Waals surface area contributed by atoms with E-state index < -0.39 is 0 Å². The lowest BCUT2D eigenvalue weighted by Crippen LogP contribution is -2.61. The van der Waals surface area contributed by atoms with Crippen LogP contribution < -0.4 is 20.6 Å². The second kappa shape index (κ2) is 14.5. The predicted molar refractivity (Wildman–Crippen MR) is 310 cm³/mol. The van der Waals surface area contributed by atoms with Crippen LogP contribution in [0, 0.1) is 0 Å². The second-order valence-corrected chi connectivity index (χ2v) is 23.9. The zero-order valence-electron chi connectivity index (χ0n) is 42.3. The molecule has 0 saturated heterocycles. The molecular weight excluding hydrogens is 856 g/mol. The van der Waals surface area contributed by atoms with Crippen LogP contribution in [0.4, 0.5) is 28.4 Å². The first-order chi connectivity index (χ1) is 34.1. The van der Waals surface area contributed by atoms with Gasteiger partial charge in [-0.2, -0.15) is 0 Å². The van der Waals surface area contributed by atoms with Crippen LogP contribution in [0.25, 0.3) is 86.5 Å². The Labute approximate surface area is 417 Å². The molecule has 0 radical (unpaired) electrons. The van der Waals surface area contributed by atoms with Gasteiger partial charge in [-0.15, -0.1) is 0 Å². The first-order valence-electron chi connectivity index (χ1n) is 25.6. The van der Waals surface area contributed by atoms with Gasteiger partial charge in [0.15, 0.2) is 0 Å². The Morgan fingerprint density at radius 3 is 1.49 bits per heavy atom. The third-order valence-corrected chi connectivity index (χ3v) is 16.3. The van der Waals surface area contributed by atoms with Crippen LogP contribution in [0.2, 0.25) is 0 Å². The molecular formula is C68H57BN2. The summed E-state index contributed by atoms with van der Waals surface area (Å²) in [5, 5.41) is 17.9. The molecule has 0 amide bonds. The molecule has 71 heavy (non-hydrogen) atoms. The zero-order valence-corrected chi connectivity index (χ0v) is 42.3. The Kier molecular flexibility index (Phi) is 8.63. The highest BCUT2D eigenvalue weighted by molar-refractivity contribution is 6.94. The SMILES string of the molecule is CC(C)(C)c1ccc2cc(N3B4c5cc6ccccc6cc5N(c5ccc6ccc(C(C)(C)C)cc6c5)c5c4c(c4ccc6cc(C(C)(C)C)cc7ccc5c4c67)-c4cc5ccccc5cc43)ccc2c1. The van der Waals surface area contributed by atoms with E-state index in [1.54, 1.807) is 0 Å². The smallest absolute Gasteiger partial charge is 0.333 e. The third kappa shape index (κ3) is 6.28. The van der Waals surface area contributed by atoms with Crippen LogP contribution in [0.15, 0.2) is 182 Å². The molecule has 2 aliphatic heterocycles. The average Bonchev–Trinajstić information content (AvgIpc) is 3.35. The number of rotatable bonds is 2. The fourth-order valence-electron chi connectivity index (χ4n) is 12.4. The first-order valence-corrected chi connectivity index (χ1v) is 25.6. The molecule has 0 saturated carbocycles. The number of fused-ring (bicyclic) bond motifs is 10. The highest BCUT2D eigenvalue weighted by atomic mass is 15.2. The Balaban J connectivity index is 1.17. The van der Waals surface area contributed by atoms with Crippen molar-refractivity contribution in [2.75, 3.05) is 9.71 Å². The quantitative estimate of drug-likeness (QED) is 0.126. The van der Waals surface area contributed by atoms with E-state index in [9.17, 15) is 0 Å². The van der Waals surface area contributed by atoms with Gasteiger partial charge in [-0.3, -0.25) is 0 Å².